The second-order valence-corrected chi connectivity index (χ2v) is 5.30. The number of piperidine rings is 1. The van der Waals surface area contributed by atoms with Gasteiger partial charge in [-0.05, 0) is 51.9 Å². The van der Waals surface area contributed by atoms with Gasteiger partial charge < -0.3 is 14.5 Å². The molecule has 0 aromatic carbocycles. The molecule has 4 heteroatoms. The van der Waals surface area contributed by atoms with E-state index in [1.54, 1.807) is 0 Å². The normalized spacial score (nSPS) is 20.9. The Labute approximate surface area is 116 Å². The molecule has 1 unspecified atom stereocenters. The van der Waals surface area contributed by atoms with Crippen LogP contribution in [0.4, 0.5) is 0 Å². The molecule has 4 nitrogen and oxygen atoms in total. The largest absolute Gasteiger partial charge is 0.463 e. The summed E-state index contributed by atoms with van der Waals surface area (Å²) in [6.45, 7) is 8.85. The van der Waals surface area contributed by atoms with Crippen molar-refractivity contribution in [1.29, 1.82) is 0 Å². The van der Waals surface area contributed by atoms with E-state index in [0.717, 1.165) is 44.3 Å². The van der Waals surface area contributed by atoms with Crippen LogP contribution in [0.3, 0.4) is 0 Å². The Balaban J connectivity index is 1.91. The Morgan fingerprint density at radius 3 is 3.11 bits per heavy atom. The molecule has 0 amide bonds. The first-order valence-corrected chi connectivity index (χ1v) is 7.29. The Bertz CT molecular complexity index is 387. The number of nitrogens with one attached hydrogen (secondary N) is 1. The van der Waals surface area contributed by atoms with Crippen molar-refractivity contribution < 1.29 is 9.15 Å². The highest BCUT2D eigenvalue weighted by Gasteiger charge is 2.21. The van der Waals surface area contributed by atoms with Crippen LogP contribution in [0.2, 0.25) is 0 Å². The lowest BCUT2D eigenvalue weighted by Gasteiger charge is -2.31. The van der Waals surface area contributed by atoms with Crippen molar-refractivity contribution in [2.45, 2.75) is 45.9 Å². The summed E-state index contributed by atoms with van der Waals surface area (Å²) in [6.07, 6.45) is 2.80. The Morgan fingerprint density at radius 2 is 2.37 bits per heavy atom. The van der Waals surface area contributed by atoms with Crippen LogP contribution >= 0.6 is 0 Å². The van der Waals surface area contributed by atoms with E-state index in [-0.39, 0.29) is 0 Å². The summed E-state index contributed by atoms with van der Waals surface area (Å²) in [5.74, 6) is 2.12. The van der Waals surface area contributed by atoms with E-state index < -0.39 is 0 Å². The van der Waals surface area contributed by atoms with Crippen molar-refractivity contribution >= 4 is 0 Å². The van der Waals surface area contributed by atoms with Gasteiger partial charge in [0.2, 0.25) is 0 Å². The standard InChI is InChI=1S/C15H26N2O2/c1-4-18-13-6-5-7-17(10-13)11-14-8-12(2)15(19-14)9-16-3/h8,13,16H,4-7,9-11H2,1-3H3. The van der Waals surface area contributed by atoms with Gasteiger partial charge in [-0.2, -0.15) is 0 Å². The van der Waals surface area contributed by atoms with Crippen LogP contribution in [-0.2, 0) is 17.8 Å². The minimum Gasteiger partial charge on any atom is -0.463 e. The molecule has 2 rings (SSSR count). The quantitative estimate of drug-likeness (QED) is 0.857. The van der Waals surface area contributed by atoms with E-state index in [0.29, 0.717) is 6.10 Å². The molecular weight excluding hydrogens is 240 g/mol. The van der Waals surface area contributed by atoms with Crippen LogP contribution in [0, 0.1) is 6.92 Å². The Morgan fingerprint density at radius 1 is 1.53 bits per heavy atom. The number of nitrogens with zero attached hydrogens (tertiary/aromatic N) is 1. The van der Waals surface area contributed by atoms with Crippen molar-refractivity contribution in [3.05, 3.63) is 23.2 Å². The Kier molecular flexibility index (Phi) is 5.43. The molecule has 1 aliphatic rings. The second-order valence-electron chi connectivity index (χ2n) is 5.30. The van der Waals surface area contributed by atoms with Crippen LogP contribution in [-0.4, -0.2) is 37.7 Å². The Hall–Kier alpha value is -0.840. The first-order chi connectivity index (χ1) is 9.22. The minimum atomic E-state index is 0.395. The highest BCUT2D eigenvalue weighted by Crippen LogP contribution is 2.19. The van der Waals surface area contributed by atoms with Gasteiger partial charge in [0.1, 0.15) is 11.5 Å². The molecule has 1 saturated heterocycles. The maximum absolute atomic E-state index is 5.91. The summed E-state index contributed by atoms with van der Waals surface area (Å²) >= 11 is 0. The molecule has 1 aliphatic heterocycles. The molecule has 1 aromatic rings. The van der Waals surface area contributed by atoms with Gasteiger partial charge in [-0.1, -0.05) is 0 Å². The molecule has 0 radical (unpaired) electrons. The third-order valence-electron chi connectivity index (χ3n) is 3.65. The average Bonchev–Trinajstić information content (AvgIpc) is 2.71. The van der Waals surface area contributed by atoms with Gasteiger partial charge in [-0.25, -0.2) is 0 Å². The lowest BCUT2D eigenvalue weighted by molar-refractivity contribution is 0.00193. The highest BCUT2D eigenvalue weighted by molar-refractivity contribution is 5.20. The van der Waals surface area contributed by atoms with E-state index in [2.05, 4.69) is 30.1 Å². The first kappa shape index (κ1) is 14.6. The molecule has 1 fully saturated rings. The predicted octanol–water partition coefficient (Wildman–Crippen LogP) is 2.31. The lowest BCUT2D eigenvalue weighted by atomic mass is 10.1. The fourth-order valence-corrected chi connectivity index (χ4v) is 2.75. The third-order valence-corrected chi connectivity index (χ3v) is 3.65. The molecule has 0 saturated carbocycles. The van der Waals surface area contributed by atoms with Gasteiger partial charge in [0, 0.05) is 13.2 Å². The second kappa shape index (κ2) is 7.08. The number of ether oxygens (including phenoxy) is 1. The van der Waals surface area contributed by atoms with E-state index in [9.17, 15) is 0 Å². The van der Waals surface area contributed by atoms with Gasteiger partial charge in [0.15, 0.2) is 0 Å². The number of furan rings is 1. The smallest absolute Gasteiger partial charge is 0.120 e. The average molecular weight is 266 g/mol. The summed E-state index contributed by atoms with van der Waals surface area (Å²) in [4.78, 5) is 2.44. The van der Waals surface area contributed by atoms with Gasteiger partial charge >= 0.3 is 0 Å². The van der Waals surface area contributed by atoms with Crippen LogP contribution in [0.25, 0.3) is 0 Å². The zero-order chi connectivity index (χ0) is 13.7. The molecule has 0 bridgehead atoms. The number of likely N-dealkylation sites (tertiary alicyclic amines) is 1. The van der Waals surface area contributed by atoms with Crippen LogP contribution in [0.1, 0.15) is 36.8 Å². The van der Waals surface area contributed by atoms with Gasteiger partial charge in [-0.15, -0.1) is 0 Å². The number of hydrogen-bond donors (Lipinski definition) is 1. The maximum Gasteiger partial charge on any atom is 0.120 e. The highest BCUT2D eigenvalue weighted by atomic mass is 16.5. The van der Waals surface area contributed by atoms with E-state index in [1.807, 2.05) is 7.05 Å². The van der Waals surface area contributed by atoms with Crippen molar-refractivity contribution in [3.8, 4) is 0 Å². The molecule has 19 heavy (non-hydrogen) atoms. The van der Waals surface area contributed by atoms with Crippen molar-refractivity contribution in [1.82, 2.24) is 10.2 Å². The molecule has 1 N–H and O–H groups in total. The minimum absolute atomic E-state index is 0.395. The topological polar surface area (TPSA) is 37.6 Å². The predicted molar refractivity (Wildman–Crippen MR) is 76.1 cm³/mol. The van der Waals surface area contributed by atoms with E-state index in [1.165, 1.54) is 18.4 Å². The van der Waals surface area contributed by atoms with Crippen molar-refractivity contribution in [2.24, 2.45) is 0 Å². The number of aryl methyl sites for hydroxylation is 1. The fraction of sp³-hybridized carbons (Fsp3) is 0.733. The maximum atomic E-state index is 5.91. The number of hydrogen-bond acceptors (Lipinski definition) is 4. The zero-order valence-electron chi connectivity index (χ0n) is 12.4. The van der Waals surface area contributed by atoms with Crippen LogP contribution < -0.4 is 5.32 Å². The summed E-state index contributed by atoms with van der Waals surface area (Å²) < 4.78 is 11.6. The molecular formula is C15H26N2O2. The van der Waals surface area contributed by atoms with Crippen LogP contribution in [0.5, 0.6) is 0 Å². The summed E-state index contributed by atoms with van der Waals surface area (Å²) in [5.41, 5.74) is 1.24. The summed E-state index contributed by atoms with van der Waals surface area (Å²) in [5, 5.41) is 3.14. The molecule has 1 aromatic heterocycles. The first-order valence-electron chi connectivity index (χ1n) is 7.29. The third kappa shape index (κ3) is 4.06. The molecule has 2 heterocycles. The zero-order valence-corrected chi connectivity index (χ0v) is 12.4. The molecule has 0 aliphatic carbocycles. The monoisotopic (exact) mass is 266 g/mol. The van der Waals surface area contributed by atoms with Gasteiger partial charge in [0.25, 0.3) is 0 Å². The van der Waals surface area contributed by atoms with Gasteiger partial charge in [0.05, 0.1) is 19.2 Å². The molecule has 1 atom stereocenters. The molecule has 0 spiro atoms. The van der Waals surface area contributed by atoms with Crippen molar-refractivity contribution in [3.63, 3.8) is 0 Å². The summed E-state index contributed by atoms with van der Waals surface area (Å²) in [7, 11) is 1.94. The van der Waals surface area contributed by atoms with E-state index in [4.69, 9.17) is 9.15 Å². The fourth-order valence-electron chi connectivity index (χ4n) is 2.75. The van der Waals surface area contributed by atoms with Gasteiger partial charge in [-0.3, -0.25) is 4.90 Å². The number of rotatable bonds is 6. The summed E-state index contributed by atoms with van der Waals surface area (Å²) in [6, 6.07) is 2.16. The lowest BCUT2D eigenvalue weighted by Crippen LogP contribution is -2.39. The van der Waals surface area contributed by atoms with E-state index >= 15 is 0 Å². The molecule has 108 valence electrons. The van der Waals surface area contributed by atoms with Crippen LogP contribution in [0.15, 0.2) is 10.5 Å². The SMILES string of the molecule is CCOC1CCCN(Cc2cc(C)c(CNC)o2)C1. The van der Waals surface area contributed by atoms with Crippen molar-refractivity contribution in [2.75, 3.05) is 26.7 Å².